The van der Waals surface area contributed by atoms with E-state index in [1.807, 2.05) is 18.2 Å². The van der Waals surface area contributed by atoms with Gasteiger partial charge in [0.1, 0.15) is 11.5 Å². The minimum Gasteiger partial charge on any atom is -0.497 e. The zero-order chi connectivity index (χ0) is 21.3. The summed E-state index contributed by atoms with van der Waals surface area (Å²) in [4.78, 5) is 25.8. The number of carbonyl (C=O) groups excluding carboxylic acids is 2. The number of carbonyl (C=O) groups is 2. The predicted molar refractivity (Wildman–Crippen MR) is 115 cm³/mol. The van der Waals surface area contributed by atoms with Crippen LogP contribution in [0.5, 0.6) is 11.5 Å². The highest BCUT2D eigenvalue weighted by Gasteiger charge is 2.38. The standard InChI is InChI=1S/C25H27NO4/c1-4-15-5-7-16(8-6-15)20-14-24(28)26-21-11-17(12-22(27)25(20)21)19-13-18(29-2)9-10-23(19)30-3/h5-10,13,17,20H,4,11-12,14H2,1-3H3,(H,26,28)/t17-,20-/m0/s1. The number of ketones is 1. The molecular weight excluding hydrogens is 378 g/mol. The van der Waals surface area contributed by atoms with Gasteiger partial charge in [0.05, 0.1) is 14.2 Å². The molecule has 0 saturated heterocycles. The van der Waals surface area contributed by atoms with Crippen LogP contribution in [0.25, 0.3) is 0 Å². The van der Waals surface area contributed by atoms with Crippen molar-refractivity contribution in [2.45, 2.75) is 44.4 Å². The molecule has 2 aromatic rings. The minimum absolute atomic E-state index is 0.0376. The first-order chi connectivity index (χ1) is 14.5. The van der Waals surface area contributed by atoms with Crippen LogP contribution in [0.3, 0.4) is 0 Å². The molecule has 1 aliphatic carbocycles. The first kappa shape index (κ1) is 20.2. The largest absolute Gasteiger partial charge is 0.497 e. The van der Waals surface area contributed by atoms with Gasteiger partial charge in [0.2, 0.25) is 5.91 Å². The van der Waals surface area contributed by atoms with Gasteiger partial charge < -0.3 is 14.8 Å². The fraction of sp³-hybridized carbons (Fsp3) is 0.360. The van der Waals surface area contributed by atoms with Gasteiger partial charge >= 0.3 is 0 Å². The van der Waals surface area contributed by atoms with Gasteiger partial charge in [-0.15, -0.1) is 0 Å². The van der Waals surface area contributed by atoms with Gasteiger partial charge in [-0.05, 0) is 42.2 Å². The van der Waals surface area contributed by atoms with Crippen LogP contribution in [0.4, 0.5) is 0 Å². The maximum absolute atomic E-state index is 13.3. The molecule has 0 fully saturated rings. The maximum atomic E-state index is 13.3. The van der Waals surface area contributed by atoms with Gasteiger partial charge in [0.25, 0.3) is 0 Å². The second kappa shape index (κ2) is 8.34. The number of Topliss-reactive ketones (excluding diaryl/α,β-unsaturated/α-hetero) is 1. The third kappa shape index (κ3) is 3.72. The molecule has 2 atom stereocenters. The Kier molecular flexibility index (Phi) is 5.62. The molecule has 156 valence electrons. The molecule has 1 heterocycles. The lowest BCUT2D eigenvalue weighted by molar-refractivity contribution is -0.122. The monoisotopic (exact) mass is 405 g/mol. The summed E-state index contributed by atoms with van der Waals surface area (Å²) in [6.07, 6.45) is 2.26. The molecule has 2 aromatic carbocycles. The van der Waals surface area contributed by atoms with E-state index in [-0.39, 0.29) is 23.5 Å². The lowest BCUT2D eigenvalue weighted by Gasteiger charge is -2.35. The number of nitrogens with one attached hydrogen (secondary N) is 1. The first-order valence-electron chi connectivity index (χ1n) is 10.4. The summed E-state index contributed by atoms with van der Waals surface area (Å²) in [5.41, 5.74) is 4.72. The molecule has 1 amide bonds. The summed E-state index contributed by atoms with van der Waals surface area (Å²) in [5, 5.41) is 2.98. The molecule has 5 nitrogen and oxygen atoms in total. The van der Waals surface area contributed by atoms with Crippen molar-refractivity contribution in [3.8, 4) is 11.5 Å². The summed E-state index contributed by atoms with van der Waals surface area (Å²) in [7, 11) is 3.24. The lowest BCUT2D eigenvalue weighted by atomic mass is 9.73. The molecule has 4 rings (SSSR count). The smallest absolute Gasteiger partial charge is 0.225 e. The molecule has 1 aliphatic heterocycles. The van der Waals surface area contributed by atoms with E-state index < -0.39 is 0 Å². The minimum atomic E-state index is -0.180. The molecule has 30 heavy (non-hydrogen) atoms. The second-order valence-corrected chi connectivity index (χ2v) is 7.93. The Hall–Kier alpha value is -3.08. The third-order valence-corrected chi connectivity index (χ3v) is 6.20. The number of methoxy groups -OCH3 is 2. The van der Waals surface area contributed by atoms with Crippen LogP contribution in [0, 0.1) is 0 Å². The Bertz CT molecular complexity index is 1010. The van der Waals surface area contributed by atoms with Gasteiger partial charge in [-0.2, -0.15) is 0 Å². The Balaban J connectivity index is 1.71. The second-order valence-electron chi connectivity index (χ2n) is 7.93. The number of rotatable bonds is 5. The normalized spacial score (nSPS) is 21.2. The highest BCUT2D eigenvalue weighted by Crippen LogP contribution is 2.45. The highest BCUT2D eigenvalue weighted by atomic mass is 16.5. The zero-order valence-electron chi connectivity index (χ0n) is 17.7. The van der Waals surface area contributed by atoms with Crippen molar-refractivity contribution >= 4 is 11.7 Å². The summed E-state index contributed by atoms with van der Waals surface area (Å²) in [6.45, 7) is 2.11. The van der Waals surface area contributed by atoms with Gasteiger partial charge in [-0.1, -0.05) is 31.2 Å². The van der Waals surface area contributed by atoms with Crippen molar-refractivity contribution in [2.75, 3.05) is 14.2 Å². The number of allylic oxidation sites excluding steroid dienone is 2. The van der Waals surface area contributed by atoms with Crippen LogP contribution in [-0.2, 0) is 16.0 Å². The van der Waals surface area contributed by atoms with E-state index in [4.69, 9.17) is 9.47 Å². The molecule has 0 radical (unpaired) electrons. The van der Waals surface area contributed by atoms with E-state index >= 15 is 0 Å². The number of amides is 1. The molecule has 0 aromatic heterocycles. The van der Waals surface area contributed by atoms with Crippen molar-refractivity contribution in [1.82, 2.24) is 5.32 Å². The number of aryl methyl sites for hydroxylation is 1. The summed E-state index contributed by atoms with van der Waals surface area (Å²) < 4.78 is 10.9. The Labute approximate surface area is 177 Å². The number of benzene rings is 2. The Morgan fingerprint density at radius 2 is 1.73 bits per heavy atom. The van der Waals surface area contributed by atoms with Gasteiger partial charge in [0.15, 0.2) is 5.78 Å². The first-order valence-corrected chi connectivity index (χ1v) is 10.4. The SMILES string of the molecule is CCc1ccc([C@@H]2CC(=O)NC3=C2C(=O)C[C@@H](c2cc(OC)ccc2OC)C3)cc1. The molecule has 0 bridgehead atoms. The van der Waals surface area contributed by atoms with Gasteiger partial charge in [0, 0.05) is 41.5 Å². The zero-order valence-corrected chi connectivity index (χ0v) is 17.7. The van der Waals surface area contributed by atoms with Crippen molar-refractivity contribution in [1.29, 1.82) is 0 Å². The Morgan fingerprint density at radius 3 is 2.40 bits per heavy atom. The van der Waals surface area contributed by atoms with Gasteiger partial charge in [-0.3, -0.25) is 9.59 Å². The summed E-state index contributed by atoms with van der Waals surface area (Å²) in [5.74, 6) is 1.26. The van der Waals surface area contributed by atoms with Crippen LogP contribution in [0.2, 0.25) is 0 Å². The lowest BCUT2D eigenvalue weighted by Crippen LogP contribution is -2.38. The van der Waals surface area contributed by atoms with Crippen LogP contribution >= 0.6 is 0 Å². The summed E-state index contributed by atoms with van der Waals surface area (Å²) >= 11 is 0. The van der Waals surface area contributed by atoms with Gasteiger partial charge in [-0.25, -0.2) is 0 Å². The average molecular weight is 405 g/mol. The quantitative estimate of drug-likeness (QED) is 0.807. The van der Waals surface area contributed by atoms with Crippen molar-refractivity contribution in [3.63, 3.8) is 0 Å². The number of hydrogen-bond acceptors (Lipinski definition) is 4. The molecule has 1 N–H and O–H groups in total. The topological polar surface area (TPSA) is 64.6 Å². The molecule has 2 aliphatic rings. The van der Waals surface area contributed by atoms with Crippen molar-refractivity contribution < 1.29 is 19.1 Å². The number of ether oxygens (including phenoxy) is 2. The fourth-order valence-corrected chi connectivity index (χ4v) is 4.61. The van der Waals surface area contributed by atoms with E-state index in [0.717, 1.165) is 40.3 Å². The van der Waals surface area contributed by atoms with E-state index in [1.54, 1.807) is 14.2 Å². The van der Waals surface area contributed by atoms with Crippen LogP contribution in [0.1, 0.15) is 54.7 Å². The predicted octanol–water partition coefficient (Wildman–Crippen LogP) is 4.27. The highest BCUT2D eigenvalue weighted by molar-refractivity contribution is 6.02. The van der Waals surface area contributed by atoms with E-state index in [9.17, 15) is 9.59 Å². The van der Waals surface area contributed by atoms with Crippen molar-refractivity contribution in [2.24, 2.45) is 0 Å². The van der Waals surface area contributed by atoms with Crippen LogP contribution < -0.4 is 14.8 Å². The van der Waals surface area contributed by atoms with Crippen molar-refractivity contribution in [3.05, 3.63) is 70.4 Å². The molecule has 0 saturated carbocycles. The van der Waals surface area contributed by atoms with E-state index in [0.29, 0.717) is 19.3 Å². The molecule has 0 unspecified atom stereocenters. The van der Waals surface area contributed by atoms with Crippen LogP contribution in [-0.4, -0.2) is 25.9 Å². The average Bonchev–Trinajstić information content (AvgIpc) is 2.77. The van der Waals surface area contributed by atoms with E-state index in [2.05, 4.69) is 36.5 Å². The third-order valence-electron chi connectivity index (χ3n) is 6.20. The molecular formula is C25H27NO4. The van der Waals surface area contributed by atoms with E-state index in [1.165, 1.54) is 5.56 Å². The molecule has 0 spiro atoms. The Morgan fingerprint density at radius 1 is 0.967 bits per heavy atom. The molecule has 5 heteroatoms. The summed E-state index contributed by atoms with van der Waals surface area (Å²) in [6, 6.07) is 13.9. The fourth-order valence-electron chi connectivity index (χ4n) is 4.61. The number of hydrogen-bond donors (Lipinski definition) is 1. The van der Waals surface area contributed by atoms with Crippen LogP contribution in [0.15, 0.2) is 53.7 Å². The maximum Gasteiger partial charge on any atom is 0.225 e.